The second-order valence-corrected chi connectivity index (χ2v) is 13.4. The summed E-state index contributed by atoms with van der Waals surface area (Å²) in [6.07, 6.45) is 2.14. The predicted molar refractivity (Wildman–Crippen MR) is 160 cm³/mol. The Morgan fingerprint density at radius 2 is 1.84 bits per heavy atom. The molecule has 3 aromatic rings. The second-order valence-electron chi connectivity index (χ2n) is 11.7. The molecule has 1 aromatic carbocycles. The van der Waals surface area contributed by atoms with E-state index in [1.165, 1.54) is 29.0 Å². The third-order valence-corrected chi connectivity index (χ3v) is 8.30. The largest absolute Gasteiger partial charge is 0.472 e. The van der Waals surface area contributed by atoms with E-state index in [9.17, 15) is 18.0 Å². The van der Waals surface area contributed by atoms with Crippen LogP contribution in [0.3, 0.4) is 0 Å². The van der Waals surface area contributed by atoms with Crippen LogP contribution in [0.15, 0.2) is 41.6 Å². The van der Waals surface area contributed by atoms with Crippen LogP contribution in [-0.2, 0) is 26.6 Å². The standard InChI is InChI=1S/C29H39N7O6S/c1-18-10-9-11-19(2)25(18)23-14-24(32-27(31-23)33-43(39,40)22-15-30-34(7)17-22)41-21-12-13-36(16-21)26(37)20(3)35(8)28(38)42-29(4,5)6/h9-11,14-15,17,20-21H,12-13,16H2,1-8H3,(H,31,32,33)/t20-,21?/m0/s1. The van der Waals surface area contributed by atoms with Crippen LogP contribution < -0.4 is 9.46 Å². The number of anilines is 1. The number of hydrogen-bond acceptors (Lipinski definition) is 9. The van der Waals surface area contributed by atoms with E-state index >= 15 is 0 Å². The molecule has 0 radical (unpaired) electrons. The van der Waals surface area contributed by atoms with Crippen LogP contribution in [0.2, 0.25) is 0 Å². The predicted octanol–water partition coefficient (Wildman–Crippen LogP) is 3.53. The van der Waals surface area contributed by atoms with Crippen molar-refractivity contribution in [1.29, 1.82) is 0 Å². The number of aromatic nitrogens is 4. The van der Waals surface area contributed by atoms with Crippen LogP contribution in [0.1, 0.15) is 45.2 Å². The van der Waals surface area contributed by atoms with Gasteiger partial charge in [-0.25, -0.2) is 22.9 Å². The van der Waals surface area contributed by atoms with Crippen molar-refractivity contribution in [3.05, 3.63) is 47.8 Å². The first-order chi connectivity index (χ1) is 20.0. The molecule has 0 saturated carbocycles. The van der Waals surface area contributed by atoms with Crippen LogP contribution >= 0.6 is 0 Å². The molecule has 232 valence electrons. The lowest BCUT2D eigenvalue weighted by Crippen LogP contribution is -2.48. The summed E-state index contributed by atoms with van der Waals surface area (Å²) in [5.74, 6) is -0.226. The van der Waals surface area contributed by atoms with Gasteiger partial charge in [0.15, 0.2) is 0 Å². The lowest BCUT2D eigenvalue weighted by molar-refractivity contribution is -0.135. The van der Waals surface area contributed by atoms with E-state index in [2.05, 4.69) is 19.8 Å². The Bertz CT molecular complexity index is 1600. The van der Waals surface area contributed by atoms with E-state index in [4.69, 9.17) is 9.47 Å². The Morgan fingerprint density at radius 3 is 2.44 bits per heavy atom. The van der Waals surface area contributed by atoms with E-state index in [1.807, 2.05) is 32.0 Å². The quantitative estimate of drug-likeness (QED) is 0.403. The average molecular weight is 614 g/mol. The molecule has 1 aliphatic rings. The number of hydrogen-bond donors (Lipinski definition) is 1. The highest BCUT2D eigenvalue weighted by molar-refractivity contribution is 7.92. The van der Waals surface area contributed by atoms with E-state index in [1.54, 1.807) is 45.7 Å². The zero-order chi connectivity index (χ0) is 31.7. The molecule has 1 aliphatic heterocycles. The number of benzene rings is 1. The van der Waals surface area contributed by atoms with Crippen LogP contribution in [0.25, 0.3) is 11.3 Å². The SMILES string of the molecule is Cc1cccc(C)c1-c1cc(OC2CCN(C(=O)[C@H](C)N(C)C(=O)OC(C)(C)C)C2)nc(NS(=O)(=O)c2cnn(C)c2)n1. The monoisotopic (exact) mass is 613 g/mol. The van der Waals surface area contributed by atoms with Crippen molar-refractivity contribution < 1.29 is 27.5 Å². The van der Waals surface area contributed by atoms with Gasteiger partial charge in [-0.05, 0) is 52.7 Å². The van der Waals surface area contributed by atoms with E-state index in [-0.39, 0.29) is 29.2 Å². The average Bonchev–Trinajstić information content (AvgIpc) is 3.55. The fourth-order valence-corrected chi connectivity index (χ4v) is 5.64. The minimum Gasteiger partial charge on any atom is -0.472 e. The topological polar surface area (TPSA) is 149 Å². The Kier molecular flexibility index (Phi) is 9.00. The summed E-state index contributed by atoms with van der Waals surface area (Å²) in [6, 6.07) is 6.75. The van der Waals surface area contributed by atoms with Crippen molar-refractivity contribution in [2.45, 2.75) is 70.6 Å². The lowest BCUT2D eigenvalue weighted by Gasteiger charge is -2.30. The maximum absolute atomic E-state index is 13.2. The molecule has 3 heterocycles. The number of rotatable bonds is 8. The molecular formula is C29H39N7O6S. The molecule has 1 unspecified atom stereocenters. The summed E-state index contributed by atoms with van der Waals surface area (Å²) in [6.45, 7) is 11.5. The number of amides is 2. The van der Waals surface area contributed by atoms with E-state index in [0.717, 1.165) is 16.7 Å². The van der Waals surface area contributed by atoms with Crippen molar-refractivity contribution in [2.24, 2.45) is 7.05 Å². The number of carbonyl (C=O) groups is 2. The van der Waals surface area contributed by atoms with Gasteiger partial charge in [-0.3, -0.25) is 14.4 Å². The first-order valence-electron chi connectivity index (χ1n) is 13.9. The van der Waals surface area contributed by atoms with Gasteiger partial charge in [0.05, 0.1) is 18.4 Å². The molecule has 0 bridgehead atoms. The van der Waals surface area contributed by atoms with Gasteiger partial charge in [0.2, 0.25) is 17.7 Å². The third-order valence-electron chi connectivity index (χ3n) is 7.02. The minimum absolute atomic E-state index is 0.0334. The highest BCUT2D eigenvalue weighted by Gasteiger charge is 2.34. The van der Waals surface area contributed by atoms with Crippen molar-refractivity contribution in [3.63, 3.8) is 0 Å². The molecule has 1 saturated heterocycles. The molecule has 1 N–H and O–H groups in total. The zero-order valence-corrected chi connectivity index (χ0v) is 26.6. The van der Waals surface area contributed by atoms with Crippen LogP contribution in [0, 0.1) is 13.8 Å². The van der Waals surface area contributed by atoms with Crippen LogP contribution in [-0.4, -0.2) is 87.9 Å². The summed E-state index contributed by atoms with van der Waals surface area (Å²) in [4.78, 5) is 37.5. The first-order valence-corrected chi connectivity index (χ1v) is 15.4. The number of aryl methyl sites for hydroxylation is 3. The number of nitrogens with one attached hydrogen (secondary N) is 1. The van der Waals surface area contributed by atoms with Crippen LogP contribution in [0.5, 0.6) is 5.88 Å². The molecular weight excluding hydrogens is 574 g/mol. The molecule has 0 aliphatic carbocycles. The maximum atomic E-state index is 13.2. The molecule has 4 rings (SSSR count). The Morgan fingerprint density at radius 1 is 1.16 bits per heavy atom. The number of likely N-dealkylation sites (N-methyl/N-ethyl adjacent to an activating group) is 1. The van der Waals surface area contributed by atoms with Gasteiger partial charge in [0, 0.05) is 44.9 Å². The first kappa shape index (κ1) is 31.7. The number of likely N-dealkylation sites (tertiary alicyclic amines) is 1. The number of nitrogens with zero attached hydrogens (tertiary/aromatic N) is 6. The second kappa shape index (κ2) is 12.2. The molecule has 2 atom stereocenters. The smallest absolute Gasteiger partial charge is 0.410 e. The Labute approximate surface area is 252 Å². The summed E-state index contributed by atoms with van der Waals surface area (Å²) >= 11 is 0. The van der Waals surface area contributed by atoms with Crippen LogP contribution in [0.4, 0.5) is 10.7 Å². The van der Waals surface area contributed by atoms with Gasteiger partial charge in [0.1, 0.15) is 22.6 Å². The molecule has 14 heteroatoms. The Hall–Kier alpha value is -4.20. The number of carbonyl (C=O) groups excluding carboxylic acids is 2. The van der Waals surface area contributed by atoms with E-state index < -0.39 is 33.9 Å². The number of sulfonamides is 1. The summed E-state index contributed by atoms with van der Waals surface area (Å²) in [5.41, 5.74) is 2.54. The number of ether oxygens (including phenoxy) is 2. The highest BCUT2D eigenvalue weighted by Crippen LogP contribution is 2.30. The summed E-state index contributed by atoms with van der Waals surface area (Å²) in [7, 11) is -0.869. The normalized spacial score (nSPS) is 16.1. The molecule has 2 aromatic heterocycles. The molecule has 2 amide bonds. The molecule has 43 heavy (non-hydrogen) atoms. The van der Waals surface area contributed by atoms with Crippen molar-refractivity contribution in [3.8, 4) is 17.1 Å². The van der Waals surface area contributed by atoms with Crippen molar-refractivity contribution in [1.82, 2.24) is 29.5 Å². The third kappa shape index (κ3) is 7.61. The highest BCUT2D eigenvalue weighted by atomic mass is 32.2. The Balaban J connectivity index is 1.55. The fraction of sp³-hybridized carbons (Fsp3) is 0.483. The van der Waals surface area contributed by atoms with Gasteiger partial charge in [-0.1, -0.05) is 18.2 Å². The van der Waals surface area contributed by atoms with Crippen molar-refractivity contribution >= 4 is 28.0 Å². The van der Waals surface area contributed by atoms with Gasteiger partial charge in [-0.15, -0.1) is 0 Å². The van der Waals surface area contributed by atoms with Crippen molar-refractivity contribution in [2.75, 3.05) is 24.9 Å². The summed E-state index contributed by atoms with van der Waals surface area (Å²) in [5, 5.41) is 3.94. The van der Waals surface area contributed by atoms with Gasteiger partial charge >= 0.3 is 6.09 Å². The minimum atomic E-state index is -4.02. The summed E-state index contributed by atoms with van der Waals surface area (Å²) < 4.78 is 41.5. The lowest BCUT2D eigenvalue weighted by atomic mass is 10.00. The fourth-order valence-electron chi connectivity index (χ4n) is 4.71. The molecule has 13 nitrogen and oxygen atoms in total. The molecule has 0 spiro atoms. The van der Waals surface area contributed by atoms with E-state index in [0.29, 0.717) is 18.7 Å². The zero-order valence-electron chi connectivity index (χ0n) is 25.8. The molecule has 1 fully saturated rings. The van der Waals surface area contributed by atoms with Gasteiger partial charge < -0.3 is 14.4 Å². The maximum Gasteiger partial charge on any atom is 0.410 e. The van der Waals surface area contributed by atoms with Gasteiger partial charge in [0.25, 0.3) is 10.0 Å². The van der Waals surface area contributed by atoms with Gasteiger partial charge in [-0.2, -0.15) is 10.1 Å².